The van der Waals surface area contributed by atoms with Gasteiger partial charge in [0.1, 0.15) is 6.29 Å². The van der Waals surface area contributed by atoms with E-state index in [0.717, 1.165) is 6.42 Å². The van der Waals surface area contributed by atoms with E-state index in [2.05, 4.69) is 20.8 Å². The Morgan fingerprint density at radius 2 is 2.07 bits per heavy atom. The first kappa shape index (κ1) is 10.9. The van der Waals surface area contributed by atoms with E-state index >= 15 is 0 Å². The average Bonchev–Trinajstić information content (AvgIpc) is 2.16. The minimum atomic E-state index is 0.279. The molecular formula is C14H22O. The molecule has 2 aliphatic rings. The first-order valence-corrected chi connectivity index (χ1v) is 6.21. The van der Waals surface area contributed by atoms with Crippen LogP contribution < -0.4 is 0 Å². The van der Waals surface area contributed by atoms with Crippen LogP contribution in [0.2, 0.25) is 0 Å². The number of aldehydes is 1. The maximum absolute atomic E-state index is 11.0. The zero-order chi connectivity index (χ0) is 11.1. The Labute approximate surface area is 92.9 Å². The molecule has 0 bridgehead atoms. The van der Waals surface area contributed by atoms with Crippen molar-refractivity contribution in [1.82, 2.24) is 0 Å². The summed E-state index contributed by atoms with van der Waals surface area (Å²) in [5, 5.41) is 0. The SMILES string of the molecule is CC1CC2=C(CC1C=O)C(C)(C)CCC2. The topological polar surface area (TPSA) is 17.1 Å². The molecule has 0 aromatic heterocycles. The summed E-state index contributed by atoms with van der Waals surface area (Å²) in [6.07, 6.45) is 7.30. The normalized spacial score (nSPS) is 34.9. The van der Waals surface area contributed by atoms with Crippen molar-refractivity contribution >= 4 is 6.29 Å². The number of carbonyl (C=O) groups excluding carboxylic acids is 1. The molecule has 0 amide bonds. The molecule has 2 unspecified atom stereocenters. The van der Waals surface area contributed by atoms with Gasteiger partial charge in [-0.15, -0.1) is 0 Å². The summed E-state index contributed by atoms with van der Waals surface area (Å²) in [4.78, 5) is 11.0. The fraction of sp³-hybridized carbons (Fsp3) is 0.786. The minimum Gasteiger partial charge on any atom is -0.303 e. The number of allylic oxidation sites excluding steroid dienone is 2. The molecule has 0 aromatic carbocycles. The van der Waals surface area contributed by atoms with Gasteiger partial charge in [0.25, 0.3) is 0 Å². The monoisotopic (exact) mass is 206 g/mol. The Kier molecular flexibility index (Phi) is 2.74. The van der Waals surface area contributed by atoms with Crippen LogP contribution in [0.3, 0.4) is 0 Å². The van der Waals surface area contributed by atoms with Gasteiger partial charge >= 0.3 is 0 Å². The lowest BCUT2D eigenvalue weighted by Gasteiger charge is -2.41. The number of rotatable bonds is 1. The molecule has 0 saturated heterocycles. The molecule has 0 heterocycles. The van der Waals surface area contributed by atoms with Crippen LogP contribution in [0, 0.1) is 17.3 Å². The van der Waals surface area contributed by atoms with Crippen LogP contribution >= 0.6 is 0 Å². The molecule has 0 aromatic rings. The van der Waals surface area contributed by atoms with Crippen molar-refractivity contribution in [1.29, 1.82) is 0 Å². The third-order valence-corrected chi connectivity index (χ3v) is 4.44. The number of carbonyl (C=O) groups is 1. The highest BCUT2D eigenvalue weighted by Crippen LogP contribution is 2.48. The van der Waals surface area contributed by atoms with Gasteiger partial charge in [-0.2, -0.15) is 0 Å². The standard InChI is InChI=1S/C14H22O/c1-10-7-11-5-4-6-14(2,3)13(11)8-12(10)9-15/h9-10,12H,4-8H2,1-3H3. The third-order valence-electron chi connectivity index (χ3n) is 4.44. The van der Waals surface area contributed by atoms with Gasteiger partial charge in [0.2, 0.25) is 0 Å². The molecule has 2 rings (SSSR count). The number of hydrogen-bond donors (Lipinski definition) is 0. The zero-order valence-corrected chi connectivity index (χ0v) is 10.2. The van der Waals surface area contributed by atoms with Crippen LogP contribution in [-0.4, -0.2) is 6.29 Å². The van der Waals surface area contributed by atoms with Crippen LogP contribution in [0.25, 0.3) is 0 Å². The maximum atomic E-state index is 11.0. The molecule has 2 aliphatic carbocycles. The van der Waals surface area contributed by atoms with Crippen LogP contribution in [0.15, 0.2) is 11.1 Å². The Bertz CT molecular complexity index is 298. The fourth-order valence-electron chi connectivity index (χ4n) is 3.33. The molecular weight excluding hydrogens is 184 g/mol. The second-order valence-corrected chi connectivity index (χ2v) is 6.01. The fourth-order valence-corrected chi connectivity index (χ4v) is 3.33. The molecule has 0 fully saturated rings. The molecule has 0 saturated carbocycles. The van der Waals surface area contributed by atoms with E-state index in [1.54, 1.807) is 11.1 Å². The highest BCUT2D eigenvalue weighted by molar-refractivity contribution is 5.56. The molecule has 1 heteroatoms. The quantitative estimate of drug-likeness (QED) is 0.472. The Morgan fingerprint density at radius 1 is 1.33 bits per heavy atom. The molecule has 0 radical (unpaired) electrons. The molecule has 2 atom stereocenters. The van der Waals surface area contributed by atoms with Crippen molar-refractivity contribution < 1.29 is 4.79 Å². The molecule has 0 N–H and O–H groups in total. The molecule has 84 valence electrons. The minimum absolute atomic E-state index is 0.279. The third kappa shape index (κ3) is 1.89. The van der Waals surface area contributed by atoms with E-state index in [4.69, 9.17) is 0 Å². The first-order chi connectivity index (χ1) is 7.04. The van der Waals surface area contributed by atoms with Crippen LogP contribution in [0.5, 0.6) is 0 Å². The second-order valence-electron chi connectivity index (χ2n) is 6.01. The smallest absolute Gasteiger partial charge is 0.123 e. The molecule has 15 heavy (non-hydrogen) atoms. The van der Waals surface area contributed by atoms with Gasteiger partial charge < -0.3 is 4.79 Å². The lowest BCUT2D eigenvalue weighted by molar-refractivity contribution is -0.112. The van der Waals surface area contributed by atoms with Gasteiger partial charge in [0, 0.05) is 5.92 Å². The van der Waals surface area contributed by atoms with Crippen LogP contribution in [0.4, 0.5) is 0 Å². The van der Waals surface area contributed by atoms with Crippen molar-refractivity contribution in [2.75, 3.05) is 0 Å². The predicted octanol–water partition coefficient (Wildman–Crippen LogP) is 3.74. The average molecular weight is 206 g/mol. The van der Waals surface area contributed by atoms with E-state index in [1.165, 1.54) is 32.0 Å². The Morgan fingerprint density at radius 3 is 2.73 bits per heavy atom. The van der Waals surface area contributed by atoms with E-state index in [1.807, 2.05) is 0 Å². The summed E-state index contributed by atoms with van der Waals surface area (Å²) in [5.74, 6) is 0.844. The Balaban J connectivity index is 2.30. The largest absolute Gasteiger partial charge is 0.303 e. The van der Waals surface area contributed by atoms with Gasteiger partial charge in [-0.25, -0.2) is 0 Å². The lowest BCUT2D eigenvalue weighted by Crippen LogP contribution is -2.30. The van der Waals surface area contributed by atoms with Crippen molar-refractivity contribution in [3.63, 3.8) is 0 Å². The number of hydrogen-bond acceptors (Lipinski definition) is 1. The van der Waals surface area contributed by atoms with Crippen molar-refractivity contribution in [2.24, 2.45) is 17.3 Å². The van der Waals surface area contributed by atoms with Crippen LogP contribution in [0.1, 0.15) is 52.9 Å². The molecule has 0 aliphatic heterocycles. The molecule has 1 nitrogen and oxygen atoms in total. The summed E-state index contributed by atoms with van der Waals surface area (Å²) in [5.41, 5.74) is 3.65. The summed E-state index contributed by atoms with van der Waals surface area (Å²) in [6, 6.07) is 0. The van der Waals surface area contributed by atoms with E-state index in [9.17, 15) is 4.79 Å². The van der Waals surface area contributed by atoms with Crippen molar-refractivity contribution in [3.8, 4) is 0 Å². The zero-order valence-electron chi connectivity index (χ0n) is 10.2. The van der Waals surface area contributed by atoms with Gasteiger partial charge in [-0.05, 0) is 43.4 Å². The second kappa shape index (κ2) is 3.77. The van der Waals surface area contributed by atoms with Crippen LogP contribution in [-0.2, 0) is 4.79 Å². The summed E-state index contributed by atoms with van der Waals surface area (Å²) >= 11 is 0. The van der Waals surface area contributed by atoms with Gasteiger partial charge in [0.15, 0.2) is 0 Å². The maximum Gasteiger partial charge on any atom is 0.123 e. The van der Waals surface area contributed by atoms with Crippen molar-refractivity contribution in [2.45, 2.75) is 52.9 Å². The van der Waals surface area contributed by atoms with E-state index < -0.39 is 0 Å². The predicted molar refractivity (Wildman–Crippen MR) is 62.6 cm³/mol. The molecule has 0 spiro atoms. The summed E-state index contributed by atoms with van der Waals surface area (Å²) in [7, 11) is 0. The highest BCUT2D eigenvalue weighted by atomic mass is 16.1. The Hall–Kier alpha value is -0.590. The van der Waals surface area contributed by atoms with E-state index in [0.29, 0.717) is 11.3 Å². The van der Waals surface area contributed by atoms with Crippen molar-refractivity contribution in [3.05, 3.63) is 11.1 Å². The highest BCUT2D eigenvalue weighted by Gasteiger charge is 2.36. The van der Waals surface area contributed by atoms with Gasteiger partial charge in [-0.1, -0.05) is 31.9 Å². The summed E-state index contributed by atoms with van der Waals surface area (Å²) in [6.45, 7) is 6.92. The van der Waals surface area contributed by atoms with Gasteiger partial charge in [-0.3, -0.25) is 0 Å². The summed E-state index contributed by atoms with van der Waals surface area (Å²) < 4.78 is 0. The first-order valence-electron chi connectivity index (χ1n) is 6.21. The van der Waals surface area contributed by atoms with Gasteiger partial charge in [0.05, 0.1) is 0 Å². The van der Waals surface area contributed by atoms with E-state index in [-0.39, 0.29) is 5.92 Å². The lowest BCUT2D eigenvalue weighted by atomic mass is 9.63.